The summed E-state index contributed by atoms with van der Waals surface area (Å²) in [6.45, 7) is 10.4. The molecule has 10 heteroatoms. The van der Waals surface area contributed by atoms with Crippen LogP contribution in [0.25, 0.3) is 44.4 Å². The molecule has 5 heterocycles. The van der Waals surface area contributed by atoms with Crippen molar-refractivity contribution in [2.45, 2.75) is 79.2 Å². The number of carbonyl (C=O) groups is 2. The van der Waals surface area contributed by atoms with Crippen molar-refractivity contribution in [1.82, 2.24) is 19.9 Å². The molecule has 10 nitrogen and oxygen atoms in total. The van der Waals surface area contributed by atoms with E-state index in [2.05, 4.69) is 9.97 Å². The van der Waals surface area contributed by atoms with Gasteiger partial charge < -0.3 is 30.0 Å². The number of nitrogens with zero attached hydrogens (tertiary/aromatic N) is 2. The fourth-order valence-corrected chi connectivity index (χ4v) is 6.43. The van der Waals surface area contributed by atoms with E-state index in [9.17, 15) is 24.9 Å². The molecule has 1 unspecified atom stereocenters. The second-order valence-corrected chi connectivity index (χ2v) is 12.1. The lowest BCUT2D eigenvalue weighted by Gasteiger charge is -2.08. The summed E-state index contributed by atoms with van der Waals surface area (Å²) < 4.78 is 5.43. The van der Waals surface area contributed by atoms with Gasteiger partial charge in [-0.05, 0) is 117 Å². The fraction of sp³-hybridized carbons (Fsp3) is 0.389. The van der Waals surface area contributed by atoms with Crippen molar-refractivity contribution in [2.24, 2.45) is 0 Å². The lowest BCUT2D eigenvalue weighted by Crippen LogP contribution is -1.98. The molecule has 2 aliphatic heterocycles. The highest BCUT2D eigenvalue weighted by Crippen LogP contribution is 2.38. The molecule has 5 N–H and O–H groups in total. The number of rotatable bonds is 11. The summed E-state index contributed by atoms with van der Waals surface area (Å²) in [5, 5.41) is 30.2. The second kappa shape index (κ2) is 13.4. The van der Waals surface area contributed by atoms with E-state index in [1.807, 2.05) is 58.9 Å². The van der Waals surface area contributed by atoms with E-state index in [1.165, 1.54) is 0 Å². The zero-order chi connectivity index (χ0) is 33.3. The summed E-state index contributed by atoms with van der Waals surface area (Å²) in [4.78, 5) is 40.3. The average molecular weight is 627 g/mol. The van der Waals surface area contributed by atoms with Gasteiger partial charge in [0.25, 0.3) is 0 Å². The Hall–Kier alpha value is -4.54. The number of carboxylic acid groups (broad SMARTS) is 2. The molecule has 3 aromatic heterocycles. The minimum atomic E-state index is -0.898. The smallest absolute Gasteiger partial charge is 0.303 e. The third-order valence-corrected chi connectivity index (χ3v) is 9.17. The van der Waals surface area contributed by atoms with Gasteiger partial charge in [-0.2, -0.15) is 0 Å². The first-order valence-electron chi connectivity index (χ1n) is 15.7. The molecule has 46 heavy (non-hydrogen) atoms. The van der Waals surface area contributed by atoms with Crippen LogP contribution >= 0.6 is 0 Å². The van der Waals surface area contributed by atoms with Crippen molar-refractivity contribution in [3.05, 3.63) is 69.3 Å². The molecule has 0 amide bonds. The Morgan fingerprint density at radius 1 is 0.739 bits per heavy atom. The zero-order valence-electron chi connectivity index (χ0n) is 27.3. The molecule has 0 radical (unpaired) electrons. The molecule has 2 aliphatic rings. The molecule has 0 aliphatic carbocycles. The Kier molecular flexibility index (Phi) is 9.60. The molecule has 0 aromatic carbocycles. The molecule has 242 valence electrons. The second-order valence-electron chi connectivity index (χ2n) is 12.1. The van der Waals surface area contributed by atoms with Gasteiger partial charge in [-0.15, -0.1) is 0 Å². The van der Waals surface area contributed by atoms with Gasteiger partial charge in [0.05, 0.1) is 35.5 Å². The van der Waals surface area contributed by atoms with Crippen molar-refractivity contribution in [2.75, 3.05) is 13.7 Å². The third-order valence-electron chi connectivity index (χ3n) is 9.17. The number of fused-ring (bicyclic) bond motifs is 8. The lowest BCUT2D eigenvalue weighted by molar-refractivity contribution is -0.137. The van der Waals surface area contributed by atoms with E-state index in [0.29, 0.717) is 43.7 Å². The summed E-state index contributed by atoms with van der Waals surface area (Å²) in [5.74, 6) is -1.79. The SMILES string of the molecule is CCC(O)c1c(C)c2cc3nc(cc4[nH]c(cc5nc(cc1[nH]2)C(C)=C5CCOC)c(C)c4CCC(=O)O)C(CCC(=O)O)=C3C. The number of aromatic amines is 2. The summed E-state index contributed by atoms with van der Waals surface area (Å²) in [5.41, 5.74) is 13.3. The molecule has 1 atom stereocenters. The summed E-state index contributed by atoms with van der Waals surface area (Å²) in [6, 6.07) is 7.84. The van der Waals surface area contributed by atoms with Crippen LogP contribution in [0.2, 0.25) is 0 Å². The maximum absolute atomic E-state index is 11.6. The number of ether oxygens (including phenoxy) is 1. The number of carboxylic acids is 2. The first kappa shape index (κ1) is 32.8. The van der Waals surface area contributed by atoms with Gasteiger partial charge in [0.2, 0.25) is 0 Å². The van der Waals surface area contributed by atoms with E-state index < -0.39 is 18.0 Å². The standard InChI is InChI=1S/C36H42N4O6/c1-7-33(41)36-21(5)28-14-25-18(2)22(8-10-34(42)43)30(37-25)17-31-23(9-11-35(44)45)19(3)26(38-31)15-29-24(12-13-46-6)20(4)27(39-29)16-32(36)40-28/h14-17,33,38,40-41H,7-13H2,1-6H3,(H,42,43)(H,44,45). The van der Waals surface area contributed by atoms with E-state index in [-0.39, 0.29) is 12.8 Å². The molecule has 8 bridgehead atoms. The Morgan fingerprint density at radius 2 is 1.24 bits per heavy atom. The number of nitrogens with one attached hydrogen (secondary N) is 2. The number of allylic oxidation sites excluding steroid dienone is 3. The molecular weight excluding hydrogens is 584 g/mol. The number of hydrogen-bond donors (Lipinski definition) is 5. The van der Waals surface area contributed by atoms with E-state index in [0.717, 1.165) is 78.0 Å². The lowest BCUT2D eigenvalue weighted by atomic mass is 9.99. The third kappa shape index (κ3) is 6.41. The number of methoxy groups -OCH3 is 1. The molecule has 0 saturated carbocycles. The van der Waals surface area contributed by atoms with Crippen LogP contribution in [0, 0.1) is 13.8 Å². The molecular formula is C36H42N4O6. The van der Waals surface area contributed by atoms with Crippen molar-refractivity contribution < 1.29 is 29.6 Å². The van der Waals surface area contributed by atoms with Gasteiger partial charge in [-0.25, -0.2) is 9.97 Å². The molecule has 0 saturated heterocycles. The van der Waals surface area contributed by atoms with Gasteiger partial charge >= 0.3 is 11.9 Å². The highest BCUT2D eigenvalue weighted by molar-refractivity contribution is 5.95. The average Bonchev–Trinajstić information content (AvgIpc) is 3.67. The van der Waals surface area contributed by atoms with Crippen LogP contribution < -0.4 is 0 Å². The van der Waals surface area contributed by atoms with Crippen LogP contribution in [0.1, 0.15) is 104 Å². The van der Waals surface area contributed by atoms with E-state index in [4.69, 9.17) is 14.7 Å². The van der Waals surface area contributed by atoms with Crippen LogP contribution in [0.5, 0.6) is 0 Å². The topological polar surface area (TPSA) is 161 Å². The van der Waals surface area contributed by atoms with E-state index >= 15 is 0 Å². The number of aliphatic carboxylic acids is 2. The largest absolute Gasteiger partial charge is 0.481 e. The van der Waals surface area contributed by atoms with Crippen molar-refractivity contribution in [3.63, 3.8) is 0 Å². The highest BCUT2D eigenvalue weighted by Gasteiger charge is 2.22. The van der Waals surface area contributed by atoms with Crippen molar-refractivity contribution in [3.8, 4) is 0 Å². The van der Waals surface area contributed by atoms with Gasteiger partial charge in [-0.1, -0.05) is 6.92 Å². The Labute approximate surface area is 267 Å². The van der Waals surface area contributed by atoms with Gasteiger partial charge in [0.1, 0.15) is 0 Å². The fourth-order valence-electron chi connectivity index (χ4n) is 6.43. The predicted molar refractivity (Wildman–Crippen MR) is 180 cm³/mol. The number of H-pyrrole nitrogens is 2. The van der Waals surface area contributed by atoms with Crippen LogP contribution in [-0.4, -0.2) is 60.9 Å². The van der Waals surface area contributed by atoms with Crippen LogP contribution in [0.15, 0.2) is 24.3 Å². The molecule has 0 spiro atoms. The molecule has 0 fully saturated rings. The van der Waals surface area contributed by atoms with Gasteiger partial charge in [0.15, 0.2) is 0 Å². The van der Waals surface area contributed by atoms with Crippen molar-refractivity contribution in [1.29, 1.82) is 0 Å². The van der Waals surface area contributed by atoms with E-state index in [1.54, 1.807) is 7.11 Å². The minimum Gasteiger partial charge on any atom is -0.481 e. The molecule has 5 rings (SSSR count). The minimum absolute atomic E-state index is 0.0383. The maximum atomic E-state index is 11.6. The summed E-state index contributed by atoms with van der Waals surface area (Å²) in [7, 11) is 1.67. The number of aliphatic hydroxyl groups is 1. The van der Waals surface area contributed by atoms with Crippen LogP contribution in [0.4, 0.5) is 0 Å². The normalized spacial score (nSPS) is 13.9. The number of aromatic nitrogens is 4. The maximum Gasteiger partial charge on any atom is 0.303 e. The number of aliphatic hydroxyl groups excluding tert-OH is 1. The van der Waals surface area contributed by atoms with Crippen molar-refractivity contribution >= 4 is 56.3 Å². The predicted octanol–water partition coefficient (Wildman–Crippen LogP) is 7.15. The van der Waals surface area contributed by atoms with Gasteiger partial charge in [0, 0.05) is 47.6 Å². The quantitative estimate of drug-likeness (QED) is 0.150. The van der Waals surface area contributed by atoms with Crippen LogP contribution in [0.3, 0.4) is 0 Å². The first-order chi connectivity index (χ1) is 21.9. The number of aryl methyl sites for hydroxylation is 3. The van der Waals surface area contributed by atoms with Crippen LogP contribution in [-0.2, 0) is 20.7 Å². The Balaban J connectivity index is 1.93. The molecule has 3 aromatic rings. The first-order valence-corrected chi connectivity index (χ1v) is 15.7. The highest BCUT2D eigenvalue weighted by atomic mass is 16.5. The Bertz CT molecular complexity index is 1940. The summed E-state index contributed by atoms with van der Waals surface area (Å²) >= 11 is 0. The Morgan fingerprint density at radius 3 is 1.83 bits per heavy atom. The number of hydrogen-bond acceptors (Lipinski definition) is 6. The zero-order valence-corrected chi connectivity index (χ0v) is 27.3. The van der Waals surface area contributed by atoms with Gasteiger partial charge in [-0.3, -0.25) is 9.59 Å². The monoisotopic (exact) mass is 626 g/mol. The summed E-state index contributed by atoms with van der Waals surface area (Å²) in [6.07, 6.45) is 1.02.